The first-order valence-electron chi connectivity index (χ1n) is 9.27. The van der Waals surface area contributed by atoms with Crippen LogP contribution in [0.5, 0.6) is 0 Å². The zero-order valence-corrected chi connectivity index (χ0v) is 15.8. The quantitative estimate of drug-likeness (QED) is 0.890. The van der Waals surface area contributed by atoms with Gasteiger partial charge in [0.15, 0.2) is 0 Å². The van der Waals surface area contributed by atoms with E-state index in [4.69, 9.17) is 4.98 Å². The van der Waals surface area contributed by atoms with Crippen molar-refractivity contribution in [3.8, 4) is 0 Å². The maximum atomic E-state index is 4.71. The first kappa shape index (κ1) is 17.8. The first-order valence-corrected chi connectivity index (χ1v) is 9.27. The molecule has 1 aliphatic heterocycles. The third kappa shape index (κ3) is 4.98. The summed E-state index contributed by atoms with van der Waals surface area (Å²) in [5.74, 6) is 1.89. The third-order valence-electron chi connectivity index (χ3n) is 4.57. The van der Waals surface area contributed by atoms with Gasteiger partial charge in [-0.25, -0.2) is 9.97 Å². The second kappa shape index (κ2) is 7.91. The summed E-state index contributed by atoms with van der Waals surface area (Å²) in [4.78, 5) is 16.1. The average molecular weight is 339 g/mol. The van der Waals surface area contributed by atoms with E-state index >= 15 is 0 Å². The average Bonchev–Trinajstić information content (AvgIpc) is 2.54. The molecule has 0 aromatic carbocycles. The van der Waals surface area contributed by atoms with Gasteiger partial charge in [0.2, 0.25) is 5.95 Å². The highest BCUT2D eigenvalue weighted by molar-refractivity contribution is 5.52. The van der Waals surface area contributed by atoms with Crippen molar-refractivity contribution >= 4 is 11.6 Å². The second-order valence-electron chi connectivity index (χ2n) is 7.56. The van der Waals surface area contributed by atoms with E-state index in [-0.39, 0.29) is 0 Å². The molecule has 2 aromatic rings. The minimum absolute atomic E-state index is 0.541. The SMILES string of the molecule is Cc1cc(C)nc(Nc2ccc([C@H]3CCCN(CC(C)C)C3)nc2)n1. The summed E-state index contributed by atoms with van der Waals surface area (Å²) in [6.45, 7) is 12.1. The Kier molecular flexibility index (Phi) is 5.63. The monoisotopic (exact) mass is 339 g/mol. The Morgan fingerprint density at radius 2 is 1.96 bits per heavy atom. The van der Waals surface area contributed by atoms with E-state index in [1.165, 1.54) is 31.6 Å². The molecule has 0 spiro atoms. The van der Waals surface area contributed by atoms with E-state index in [1.54, 1.807) is 0 Å². The van der Waals surface area contributed by atoms with E-state index < -0.39 is 0 Å². The lowest BCUT2D eigenvalue weighted by Gasteiger charge is -2.33. The van der Waals surface area contributed by atoms with E-state index in [1.807, 2.05) is 26.1 Å². The highest BCUT2D eigenvalue weighted by Crippen LogP contribution is 2.27. The normalized spacial score (nSPS) is 18.5. The number of nitrogens with one attached hydrogen (secondary N) is 1. The maximum Gasteiger partial charge on any atom is 0.227 e. The third-order valence-corrected chi connectivity index (χ3v) is 4.57. The van der Waals surface area contributed by atoms with E-state index in [2.05, 4.69) is 46.2 Å². The van der Waals surface area contributed by atoms with E-state index in [0.29, 0.717) is 11.9 Å². The van der Waals surface area contributed by atoms with Crippen molar-refractivity contribution < 1.29 is 0 Å². The minimum atomic E-state index is 0.541. The molecule has 0 aliphatic carbocycles. The van der Waals surface area contributed by atoms with Gasteiger partial charge in [-0.05, 0) is 57.4 Å². The fourth-order valence-corrected chi connectivity index (χ4v) is 3.61. The summed E-state index contributed by atoms with van der Waals surface area (Å²) in [6.07, 6.45) is 4.39. The molecule has 5 nitrogen and oxygen atoms in total. The van der Waals surface area contributed by atoms with Crippen molar-refractivity contribution in [1.82, 2.24) is 19.9 Å². The number of likely N-dealkylation sites (tertiary alicyclic amines) is 1. The summed E-state index contributed by atoms with van der Waals surface area (Å²) in [5.41, 5.74) is 4.06. The lowest BCUT2D eigenvalue weighted by molar-refractivity contribution is 0.186. The van der Waals surface area contributed by atoms with Gasteiger partial charge in [0, 0.05) is 36.1 Å². The molecule has 1 N–H and O–H groups in total. The maximum absolute atomic E-state index is 4.71. The van der Waals surface area contributed by atoms with Crippen LogP contribution in [0.25, 0.3) is 0 Å². The second-order valence-corrected chi connectivity index (χ2v) is 7.56. The number of nitrogens with zero attached hydrogens (tertiary/aromatic N) is 4. The van der Waals surface area contributed by atoms with Crippen LogP contribution in [0.15, 0.2) is 24.4 Å². The highest BCUT2D eigenvalue weighted by Gasteiger charge is 2.22. The largest absolute Gasteiger partial charge is 0.323 e. The van der Waals surface area contributed by atoms with Crippen molar-refractivity contribution in [1.29, 1.82) is 0 Å². The number of pyridine rings is 1. The van der Waals surface area contributed by atoms with Gasteiger partial charge in [-0.15, -0.1) is 0 Å². The molecule has 134 valence electrons. The van der Waals surface area contributed by atoms with Crippen LogP contribution in [0, 0.1) is 19.8 Å². The van der Waals surface area contributed by atoms with Crippen LogP contribution < -0.4 is 5.32 Å². The minimum Gasteiger partial charge on any atom is -0.323 e. The molecule has 1 fully saturated rings. The van der Waals surface area contributed by atoms with Crippen molar-refractivity contribution in [3.05, 3.63) is 41.5 Å². The molecule has 0 saturated carbocycles. The van der Waals surface area contributed by atoms with Crippen LogP contribution in [-0.2, 0) is 0 Å². The van der Waals surface area contributed by atoms with Crippen LogP contribution in [-0.4, -0.2) is 39.5 Å². The van der Waals surface area contributed by atoms with Gasteiger partial charge in [-0.3, -0.25) is 4.98 Å². The summed E-state index contributed by atoms with van der Waals surface area (Å²) in [6, 6.07) is 6.21. The number of anilines is 2. The number of rotatable bonds is 5. The first-order chi connectivity index (χ1) is 12.0. The number of piperidine rings is 1. The fraction of sp³-hybridized carbons (Fsp3) is 0.550. The molecule has 0 unspecified atom stereocenters. The molecule has 0 amide bonds. The van der Waals surface area contributed by atoms with Gasteiger partial charge in [-0.1, -0.05) is 13.8 Å². The van der Waals surface area contributed by atoms with Crippen LogP contribution in [0.3, 0.4) is 0 Å². The standard InChI is InChI=1S/C20H29N5/c1-14(2)12-25-9-5-6-17(13-25)19-8-7-18(11-21-19)24-20-22-15(3)10-16(4)23-20/h7-8,10-11,14,17H,5-6,9,12-13H2,1-4H3,(H,22,23,24)/t17-/m0/s1. The van der Waals surface area contributed by atoms with E-state index in [0.717, 1.165) is 29.5 Å². The number of hydrogen-bond donors (Lipinski definition) is 1. The molecular formula is C20H29N5. The van der Waals surface area contributed by atoms with Gasteiger partial charge in [0.25, 0.3) is 0 Å². The molecule has 3 heterocycles. The summed E-state index contributed by atoms with van der Waals surface area (Å²) < 4.78 is 0. The van der Waals surface area contributed by atoms with E-state index in [9.17, 15) is 0 Å². The molecule has 25 heavy (non-hydrogen) atoms. The molecule has 1 aliphatic rings. The van der Waals surface area contributed by atoms with Crippen LogP contribution in [0.1, 0.15) is 49.7 Å². The predicted octanol–water partition coefficient (Wildman–Crippen LogP) is 4.07. The zero-order chi connectivity index (χ0) is 17.8. The van der Waals surface area contributed by atoms with Gasteiger partial charge >= 0.3 is 0 Å². The number of hydrogen-bond acceptors (Lipinski definition) is 5. The summed E-state index contributed by atoms with van der Waals surface area (Å²) in [7, 11) is 0. The Hall–Kier alpha value is -2.01. The van der Waals surface area contributed by atoms with Crippen molar-refractivity contribution in [2.24, 2.45) is 5.92 Å². The summed E-state index contributed by atoms with van der Waals surface area (Å²) >= 11 is 0. The topological polar surface area (TPSA) is 53.9 Å². The molecule has 3 rings (SSSR count). The molecule has 1 atom stereocenters. The Morgan fingerprint density at radius 1 is 1.20 bits per heavy atom. The summed E-state index contributed by atoms with van der Waals surface area (Å²) in [5, 5.41) is 3.26. The Morgan fingerprint density at radius 3 is 2.60 bits per heavy atom. The number of aryl methyl sites for hydroxylation is 2. The van der Waals surface area contributed by atoms with Crippen molar-refractivity contribution in [3.63, 3.8) is 0 Å². The smallest absolute Gasteiger partial charge is 0.227 e. The molecule has 1 saturated heterocycles. The Bertz CT molecular complexity index is 675. The fourth-order valence-electron chi connectivity index (χ4n) is 3.61. The van der Waals surface area contributed by atoms with Crippen LogP contribution >= 0.6 is 0 Å². The van der Waals surface area contributed by atoms with Gasteiger partial charge in [0.05, 0.1) is 11.9 Å². The predicted molar refractivity (Wildman–Crippen MR) is 102 cm³/mol. The lowest BCUT2D eigenvalue weighted by Crippen LogP contribution is -2.37. The molecular weight excluding hydrogens is 310 g/mol. The van der Waals surface area contributed by atoms with Gasteiger partial charge in [-0.2, -0.15) is 0 Å². The van der Waals surface area contributed by atoms with Crippen molar-refractivity contribution in [2.75, 3.05) is 25.0 Å². The number of aromatic nitrogens is 3. The molecule has 5 heteroatoms. The van der Waals surface area contributed by atoms with Gasteiger partial charge in [0.1, 0.15) is 0 Å². The van der Waals surface area contributed by atoms with Crippen molar-refractivity contribution in [2.45, 2.75) is 46.5 Å². The Balaban J connectivity index is 1.65. The molecule has 0 radical (unpaired) electrons. The van der Waals surface area contributed by atoms with Gasteiger partial charge < -0.3 is 10.2 Å². The van der Waals surface area contributed by atoms with Crippen LogP contribution in [0.4, 0.5) is 11.6 Å². The van der Waals surface area contributed by atoms with Crippen LogP contribution in [0.2, 0.25) is 0 Å². The molecule has 2 aromatic heterocycles. The molecule has 0 bridgehead atoms. The Labute approximate surface area is 150 Å². The lowest BCUT2D eigenvalue weighted by atomic mass is 9.93. The highest BCUT2D eigenvalue weighted by atomic mass is 15.1. The zero-order valence-electron chi connectivity index (χ0n) is 15.8.